The lowest BCUT2D eigenvalue weighted by atomic mass is 10.1. The number of nitrogens with one attached hydrogen (secondary N) is 1. The normalized spacial score (nSPS) is 12.7. The number of nitrogens with zero attached hydrogens (tertiary/aromatic N) is 1. The predicted octanol–water partition coefficient (Wildman–Crippen LogP) is 2.09. The molecule has 0 aliphatic rings. The van der Waals surface area contributed by atoms with E-state index in [1.807, 2.05) is 19.2 Å². The molecule has 1 unspecified atom stereocenters. The molecule has 0 heterocycles. The lowest BCUT2D eigenvalue weighted by Crippen LogP contribution is -2.32. The molecule has 4 nitrogen and oxygen atoms in total. The first-order valence-corrected chi connectivity index (χ1v) is 6.15. The summed E-state index contributed by atoms with van der Waals surface area (Å²) in [5.41, 5.74) is 7.09. The van der Waals surface area contributed by atoms with Crippen LogP contribution in [0.25, 0.3) is 0 Å². The number of nitrogen functional groups attached to an aromatic ring is 1. The van der Waals surface area contributed by atoms with Crippen molar-refractivity contribution in [1.82, 2.24) is 4.90 Å². The monoisotopic (exact) mass is 269 g/mol. The van der Waals surface area contributed by atoms with Crippen LogP contribution in [0.3, 0.4) is 0 Å². The topological polar surface area (TPSA) is 62.3 Å². The number of ether oxygens (including phenoxy) is 1. The molecule has 0 amide bonds. The second-order valence-corrected chi connectivity index (χ2v) is 4.85. The minimum absolute atomic E-state index is 0.0320. The second kappa shape index (κ2) is 6.73. The van der Waals surface area contributed by atoms with Crippen molar-refractivity contribution in [1.29, 1.82) is 5.41 Å². The molecule has 0 bridgehead atoms. The van der Waals surface area contributed by atoms with Crippen LogP contribution in [-0.2, 0) is 11.3 Å². The molecular weight excluding hydrogens is 250 g/mol. The van der Waals surface area contributed by atoms with Crippen LogP contribution in [0.2, 0.25) is 5.02 Å². The van der Waals surface area contributed by atoms with E-state index in [2.05, 4.69) is 11.8 Å². The van der Waals surface area contributed by atoms with Crippen LogP contribution >= 0.6 is 11.6 Å². The van der Waals surface area contributed by atoms with E-state index < -0.39 is 0 Å². The Balaban J connectivity index is 2.76. The van der Waals surface area contributed by atoms with Gasteiger partial charge in [0.25, 0.3) is 0 Å². The highest BCUT2D eigenvalue weighted by molar-refractivity contribution is 6.31. The quantitative estimate of drug-likeness (QED) is 0.614. The van der Waals surface area contributed by atoms with Gasteiger partial charge in [-0.3, -0.25) is 10.3 Å². The van der Waals surface area contributed by atoms with Crippen molar-refractivity contribution in [3.8, 4) is 0 Å². The summed E-state index contributed by atoms with van der Waals surface area (Å²) in [6.45, 7) is 3.52. The van der Waals surface area contributed by atoms with E-state index in [0.717, 1.165) is 12.1 Å². The van der Waals surface area contributed by atoms with Crippen molar-refractivity contribution >= 4 is 17.4 Å². The Morgan fingerprint density at radius 3 is 2.72 bits per heavy atom. The Bertz CT molecular complexity index is 423. The molecule has 0 fully saturated rings. The molecule has 5 heteroatoms. The van der Waals surface area contributed by atoms with Gasteiger partial charge in [-0.05, 0) is 25.6 Å². The molecule has 0 radical (unpaired) electrons. The molecule has 18 heavy (non-hydrogen) atoms. The first-order valence-electron chi connectivity index (χ1n) is 5.77. The van der Waals surface area contributed by atoms with E-state index in [9.17, 15) is 0 Å². The van der Waals surface area contributed by atoms with E-state index in [-0.39, 0.29) is 5.84 Å². The standard InChI is InChI=1S/C13H20ClN3O/c1-9(8-18-3)17(2)7-11-5-4-10(13(15)16)6-12(11)14/h4-6,9H,7-8H2,1-3H3,(H3,15,16). The fourth-order valence-corrected chi connectivity index (χ4v) is 1.88. The Morgan fingerprint density at radius 2 is 2.22 bits per heavy atom. The van der Waals surface area contributed by atoms with E-state index in [4.69, 9.17) is 27.5 Å². The van der Waals surface area contributed by atoms with Crippen molar-refractivity contribution in [2.75, 3.05) is 20.8 Å². The fraction of sp³-hybridized carbons (Fsp3) is 0.462. The second-order valence-electron chi connectivity index (χ2n) is 4.44. The zero-order chi connectivity index (χ0) is 13.7. The molecule has 0 aliphatic heterocycles. The number of rotatable bonds is 6. The van der Waals surface area contributed by atoms with E-state index >= 15 is 0 Å². The van der Waals surface area contributed by atoms with Crippen LogP contribution in [0, 0.1) is 5.41 Å². The molecule has 1 rings (SSSR count). The van der Waals surface area contributed by atoms with E-state index in [0.29, 0.717) is 23.2 Å². The largest absolute Gasteiger partial charge is 0.384 e. The minimum atomic E-state index is 0.0320. The summed E-state index contributed by atoms with van der Waals surface area (Å²) in [6, 6.07) is 5.78. The van der Waals surface area contributed by atoms with Gasteiger partial charge in [-0.1, -0.05) is 23.7 Å². The van der Waals surface area contributed by atoms with Crippen molar-refractivity contribution in [2.24, 2.45) is 5.73 Å². The van der Waals surface area contributed by atoms with Gasteiger partial charge >= 0.3 is 0 Å². The van der Waals surface area contributed by atoms with Crippen LogP contribution in [0.1, 0.15) is 18.1 Å². The highest BCUT2D eigenvalue weighted by Crippen LogP contribution is 2.19. The van der Waals surface area contributed by atoms with Crippen LogP contribution in [0.4, 0.5) is 0 Å². The molecule has 0 aliphatic carbocycles. The summed E-state index contributed by atoms with van der Waals surface area (Å²) in [5, 5.41) is 8.00. The van der Waals surface area contributed by atoms with Gasteiger partial charge < -0.3 is 10.5 Å². The third kappa shape index (κ3) is 3.98. The number of halogens is 1. The van der Waals surface area contributed by atoms with Crippen LogP contribution < -0.4 is 5.73 Å². The zero-order valence-corrected chi connectivity index (χ0v) is 11.8. The molecule has 0 saturated heterocycles. The van der Waals surface area contributed by atoms with Gasteiger partial charge in [0.05, 0.1) is 6.61 Å². The van der Waals surface area contributed by atoms with Gasteiger partial charge in [0.2, 0.25) is 0 Å². The number of methoxy groups -OCH3 is 1. The van der Waals surface area contributed by atoms with Gasteiger partial charge in [-0.15, -0.1) is 0 Å². The van der Waals surface area contributed by atoms with E-state index in [1.54, 1.807) is 13.2 Å². The number of likely N-dealkylation sites (N-methyl/N-ethyl adjacent to an activating group) is 1. The van der Waals surface area contributed by atoms with Gasteiger partial charge in [0.15, 0.2) is 0 Å². The zero-order valence-electron chi connectivity index (χ0n) is 11.0. The average Bonchev–Trinajstić information content (AvgIpc) is 2.31. The van der Waals surface area contributed by atoms with Crippen molar-refractivity contribution in [2.45, 2.75) is 19.5 Å². The molecule has 3 N–H and O–H groups in total. The van der Waals surface area contributed by atoms with Crippen molar-refractivity contribution in [3.63, 3.8) is 0 Å². The maximum Gasteiger partial charge on any atom is 0.122 e. The summed E-state index contributed by atoms with van der Waals surface area (Å²) in [6.07, 6.45) is 0. The Morgan fingerprint density at radius 1 is 1.56 bits per heavy atom. The van der Waals surface area contributed by atoms with Gasteiger partial charge in [0.1, 0.15) is 5.84 Å². The molecule has 1 atom stereocenters. The van der Waals surface area contributed by atoms with E-state index in [1.165, 1.54) is 0 Å². The smallest absolute Gasteiger partial charge is 0.122 e. The Kier molecular flexibility index (Phi) is 5.59. The maximum atomic E-state index is 7.36. The third-order valence-corrected chi connectivity index (χ3v) is 3.30. The predicted molar refractivity (Wildman–Crippen MR) is 75.3 cm³/mol. The van der Waals surface area contributed by atoms with Crippen LogP contribution in [0.5, 0.6) is 0 Å². The fourth-order valence-electron chi connectivity index (χ4n) is 1.64. The summed E-state index contributed by atoms with van der Waals surface area (Å²) in [5.74, 6) is 0.0320. The highest BCUT2D eigenvalue weighted by Gasteiger charge is 2.11. The molecule has 0 aromatic heterocycles. The van der Waals surface area contributed by atoms with Gasteiger partial charge in [0, 0.05) is 30.3 Å². The Labute approximate surface area is 113 Å². The maximum absolute atomic E-state index is 7.36. The van der Waals surface area contributed by atoms with Crippen molar-refractivity contribution < 1.29 is 4.74 Å². The molecule has 0 saturated carbocycles. The highest BCUT2D eigenvalue weighted by atomic mass is 35.5. The SMILES string of the molecule is COCC(C)N(C)Cc1ccc(C(=N)N)cc1Cl. The third-order valence-electron chi connectivity index (χ3n) is 2.94. The summed E-state index contributed by atoms with van der Waals surface area (Å²) in [7, 11) is 3.72. The summed E-state index contributed by atoms with van der Waals surface area (Å²) in [4.78, 5) is 2.16. The Hall–Kier alpha value is -1.10. The van der Waals surface area contributed by atoms with Gasteiger partial charge in [-0.2, -0.15) is 0 Å². The lowest BCUT2D eigenvalue weighted by Gasteiger charge is -2.24. The molecule has 1 aromatic carbocycles. The number of benzene rings is 1. The minimum Gasteiger partial charge on any atom is -0.384 e. The van der Waals surface area contributed by atoms with Gasteiger partial charge in [-0.25, -0.2) is 0 Å². The van der Waals surface area contributed by atoms with Crippen LogP contribution in [-0.4, -0.2) is 37.5 Å². The summed E-state index contributed by atoms with van der Waals surface area (Å²) < 4.78 is 5.12. The number of hydrogen-bond donors (Lipinski definition) is 2. The lowest BCUT2D eigenvalue weighted by molar-refractivity contribution is 0.112. The first-order chi connectivity index (χ1) is 8.45. The molecule has 0 spiro atoms. The van der Waals surface area contributed by atoms with Crippen molar-refractivity contribution in [3.05, 3.63) is 34.3 Å². The summed E-state index contributed by atoms with van der Waals surface area (Å²) >= 11 is 6.19. The average molecular weight is 270 g/mol. The molecule has 100 valence electrons. The van der Waals surface area contributed by atoms with Crippen LogP contribution in [0.15, 0.2) is 18.2 Å². The number of nitrogens with two attached hydrogens (primary N) is 1. The molecular formula is C13H20ClN3O. The first kappa shape index (κ1) is 15.0. The molecule has 1 aromatic rings. The number of hydrogen-bond acceptors (Lipinski definition) is 3. The number of amidine groups is 1.